The lowest BCUT2D eigenvalue weighted by Gasteiger charge is -2.12. The van der Waals surface area contributed by atoms with Crippen molar-refractivity contribution in [2.75, 3.05) is 54.5 Å². The van der Waals surface area contributed by atoms with E-state index in [0.29, 0.717) is 45.6 Å². The van der Waals surface area contributed by atoms with Gasteiger partial charge >= 0.3 is 0 Å². The molecular formula is C20H26N2O4S. The third-order valence-electron chi connectivity index (χ3n) is 4.39. The van der Waals surface area contributed by atoms with Gasteiger partial charge in [0.05, 0.1) is 9.79 Å². The summed E-state index contributed by atoms with van der Waals surface area (Å²) in [6.07, 6.45) is 0. The van der Waals surface area contributed by atoms with Crippen LogP contribution in [0.15, 0.2) is 46.2 Å². The van der Waals surface area contributed by atoms with Gasteiger partial charge in [0, 0.05) is 24.2 Å². The van der Waals surface area contributed by atoms with Crippen LogP contribution in [-0.2, 0) is 9.84 Å². The standard InChI is InChI=1S/C20H26N2O4S/c1-21(2)9-11-25-15-5-7-19-17(13-15)18-14-16(26-12-10-22(3)4)6-8-20(18)27(19,23)24/h5-8,13-14H,9-12H2,1-4H3. The summed E-state index contributed by atoms with van der Waals surface area (Å²) in [4.78, 5) is 4.71. The van der Waals surface area contributed by atoms with Gasteiger partial charge in [0.2, 0.25) is 9.84 Å². The summed E-state index contributed by atoms with van der Waals surface area (Å²) in [6, 6.07) is 10.3. The largest absolute Gasteiger partial charge is 0.492 e. The average Bonchev–Trinajstić information content (AvgIpc) is 2.81. The molecule has 1 heterocycles. The number of benzene rings is 2. The fraction of sp³-hybridized carbons (Fsp3) is 0.400. The van der Waals surface area contributed by atoms with Crippen molar-refractivity contribution < 1.29 is 17.9 Å². The van der Waals surface area contributed by atoms with Gasteiger partial charge in [-0.1, -0.05) is 0 Å². The van der Waals surface area contributed by atoms with Gasteiger partial charge in [0.25, 0.3) is 0 Å². The van der Waals surface area contributed by atoms with Gasteiger partial charge in [-0.3, -0.25) is 0 Å². The van der Waals surface area contributed by atoms with Crippen LogP contribution in [-0.4, -0.2) is 72.7 Å². The number of hydrogen-bond acceptors (Lipinski definition) is 6. The van der Waals surface area contributed by atoms with Crippen molar-refractivity contribution in [3.8, 4) is 22.6 Å². The third kappa shape index (κ3) is 4.26. The highest BCUT2D eigenvalue weighted by Gasteiger charge is 2.33. The van der Waals surface area contributed by atoms with Crippen LogP contribution in [0.5, 0.6) is 11.5 Å². The van der Waals surface area contributed by atoms with E-state index in [1.54, 1.807) is 36.4 Å². The minimum absolute atomic E-state index is 0.322. The van der Waals surface area contributed by atoms with Gasteiger partial charge in [0.15, 0.2) is 0 Å². The Morgan fingerprint density at radius 1 is 0.741 bits per heavy atom. The molecule has 146 valence electrons. The first-order valence-electron chi connectivity index (χ1n) is 8.87. The average molecular weight is 391 g/mol. The van der Waals surface area contributed by atoms with Crippen molar-refractivity contribution in [1.29, 1.82) is 0 Å². The number of rotatable bonds is 8. The van der Waals surface area contributed by atoms with Crippen molar-refractivity contribution >= 4 is 9.84 Å². The van der Waals surface area contributed by atoms with Crippen LogP contribution in [0.2, 0.25) is 0 Å². The number of ether oxygens (including phenoxy) is 2. The molecule has 0 N–H and O–H groups in total. The molecule has 0 atom stereocenters. The fourth-order valence-electron chi connectivity index (χ4n) is 2.90. The van der Waals surface area contributed by atoms with Gasteiger partial charge < -0.3 is 19.3 Å². The summed E-state index contributed by atoms with van der Waals surface area (Å²) >= 11 is 0. The van der Waals surface area contributed by atoms with Crippen LogP contribution in [0, 0.1) is 0 Å². The maximum Gasteiger partial charge on any atom is 0.207 e. The summed E-state index contributed by atoms with van der Waals surface area (Å²) in [5.41, 5.74) is 1.34. The van der Waals surface area contributed by atoms with Crippen molar-refractivity contribution in [2.45, 2.75) is 9.79 Å². The van der Waals surface area contributed by atoms with Crippen LogP contribution in [0.25, 0.3) is 11.1 Å². The van der Waals surface area contributed by atoms with E-state index in [1.165, 1.54) is 0 Å². The Kier molecular flexibility index (Phi) is 5.74. The molecule has 2 aromatic carbocycles. The number of likely N-dealkylation sites (N-methyl/N-ethyl adjacent to an activating group) is 2. The molecule has 0 aliphatic carbocycles. The van der Waals surface area contributed by atoms with Gasteiger partial charge in [-0.15, -0.1) is 0 Å². The molecule has 0 amide bonds. The SMILES string of the molecule is CN(C)CCOc1ccc2c(c1)-c1cc(OCCN(C)C)ccc1S2(=O)=O. The van der Waals surface area contributed by atoms with Gasteiger partial charge in [0.1, 0.15) is 24.7 Å². The van der Waals surface area contributed by atoms with Crippen molar-refractivity contribution in [3.05, 3.63) is 36.4 Å². The van der Waals surface area contributed by atoms with Crippen molar-refractivity contribution in [2.24, 2.45) is 0 Å². The summed E-state index contributed by atoms with van der Waals surface area (Å²) in [5, 5.41) is 0. The second-order valence-electron chi connectivity index (χ2n) is 7.12. The normalized spacial score (nSPS) is 14.3. The van der Waals surface area contributed by atoms with E-state index in [4.69, 9.17) is 9.47 Å². The number of hydrogen-bond donors (Lipinski definition) is 0. The summed E-state index contributed by atoms with van der Waals surface area (Å²) in [6.45, 7) is 2.66. The number of sulfone groups is 1. The molecule has 2 aromatic rings. The Hall–Kier alpha value is -2.09. The first-order valence-corrected chi connectivity index (χ1v) is 10.4. The van der Waals surface area contributed by atoms with E-state index >= 15 is 0 Å². The topological polar surface area (TPSA) is 59.1 Å². The minimum atomic E-state index is -3.49. The molecule has 6 nitrogen and oxygen atoms in total. The Balaban J connectivity index is 1.89. The van der Waals surface area contributed by atoms with E-state index in [9.17, 15) is 8.42 Å². The molecule has 0 fully saturated rings. The quantitative estimate of drug-likeness (QED) is 0.589. The Labute approximate surface area is 161 Å². The Morgan fingerprint density at radius 3 is 1.52 bits per heavy atom. The summed E-state index contributed by atoms with van der Waals surface area (Å²) in [7, 11) is 4.42. The van der Waals surface area contributed by atoms with E-state index in [0.717, 1.165) is 13.1 Å². The molecule has 7 heteroatoms. The second-order valence-corrected chi connectivity index (χ2v) is 9.01. The molecule has 0 saturated heterocycles. The molecule has 1 aliphatic heterocycles. The first-order chi connectivity index (χ1) is 12.8. The van der Waals surface area contributed by atoms with Crippen LogP contribution in [0.3, 0.4) is 0 Å². The highest BCUT2D eigenvalue weighted by molar-refractivity contribution is 7.92. The zero-order chi connectivity index (χ0) is 19.6. The highest BCUT2D eigenvalue weighted by Crippen LogP contribution is 2.45. The molecule has 0 bridgehead atoms. The lowest BCUT2D eigenvalue weighted by Crippen LogP contribution is -2.19. The highest BCUT2D eigenvalue weighted by atomic mass is 32.2. The first kappa shape index (κ1) is 19.7. The monoisotopic (exact) mass is 390 g/mol. The van der Waals surface area contributed by atoms with Gasteiger partial charge in [-0.05, 0) is 64.6 Å². The van der Waals surface area contributed by atoms with Crippen LogP contribution in [0.4, 0.5) is 0 Å². The smallest absolute Gasteiger partial charge is 0.207 e. The predicted molar refractivity (Wildman–Crippen MR) is 105 cm³/mol. The minimum Gasteiger partial charge on any atom is -0.492 e. The molecule has 0 spiro atoms. The fourth-order valence-corrected chi connectivity index (χ4v) is 4.55. The molecule has 0 unspecified atom stereocenters. The van der Waals surface area contributed by atoms with Gasteiger partial charge in [-0.2, -0.15) is 0 Å². The number of nitrogens with zero attached hydrogens (tertiary/aromatic N) is 2. The molecular weight excluding hydrogens is 364 g/mol. The van der Waals surface area contributed by atoms with Crippen molar-refractivity contribution in [3.63, 3.8) is 0 Å². The molecule has 27 heavy (non-hydrogen) atoms. The molecule has 0 aromatic heterocycles. The van der Waals surface area contributed by atoms with E-state index in [-0.39, 0.29) is 0 Å². The van der Waals surface area contributed by atoms with Crippen LogP contribution in [0.1, 0.15) is 0 Å². The lowest BCUT2D eigenvalue weighted by molar-refractivity contribution is 0.261. The molecule has 3 rings (SSSR count). The van der Waals surface area contributed by atoms with E-state index in [1.807, 2.05) is 38.0 Å². The maximum absolute atomic E-state index is 12.8. The molecule has 0 saturated carbocycles. The molecule has 1 aliphatic rings. The van der Waals surface area contributed by atoms with Crippen LogP contribution < -0.4 is 9.47 Å². The maximum atomic E-state index is 12.8. The predicted octanol–water partition coefficient (Wildman–Crippen LogP) is 2.38. The molecule has 0 radical (unpaired) electrons. The Morgan fingerprint density at radius 2 is 1.15 bits per heavy atom. The third-order valence-corrected chi connectivity index (χ3v) is 6.26. The summed E-state index contributed by atoms with van der Waals surface area (Å²) in [5.74, 6) is 1.33. The lowest BCUT2D eigenvalue weighted by atomic mass is 10.1. The van der Waals surface area contributed by atoms with Crippen molar-refractivity contribution in [1.82, 2.24) is 9.80 Å². The second kappa shape index (κ2) is 7.88. The Bertz CT molecular complexity index is 854. The zero-order valence-corrected chi connectivity index (χ0v) is 17.0. The van der Waals surface area contributed by atoms with E-state index in [2.05, 4.69) is 0 Å². The van der Waals surface area contributed by atoms with Gasteiger partial charge in [-0.25, -0.2) is 8.42 Å². The summed E-state index contributed by atoms with van der Waals surface area (Å²) < 4.78 is 37.2. The zero-order valence-electron chi connectivity index (χ0n) is 16.2. The number of fused-ring (bicyclic) bond motifs is 3. The van der Waals surface area contributed by atoms with E-state index < -0.39 is 9.84 Å². The van der Waals surface area contributed by atoms with Crippen LogP contribution >= 0.6 is 0 Å².